The molecule has 20 heavy (non-hydrogen) atoms. The third kappa shape index (κ3) is 3.46. The van der Waals surface area contributed by atoms with Gasteiger partial charge in [-0.15, -0.1) is 0 Å². The second kappa shape index (κ2) is 5.65. The van der Waals surface area contributed by atoms with Crippen LogP contribution in [0.15, 0.2) is 12.1 Å². The summed E-state index contributed by atoms with van der Waals surface area (Å²) in [5.41, 5.74) is -0.175. The second-order valence-corrected chi connectivity index (χ2v) is 7.36. The van der Waals surface area contributed by atoms with E-state index in [-0.39, 0.29) is 34.6 Å². The Kier molecular flexibility index (Phi) is 4.29. The number of rotatable bonds is 3. The van der Waals surface area contributed by atoms with Crippen molar-refractivity contribution in [2.75, 3.05) is 18.1 Å². The van der Waals surface area contributed by atoms with E-state index in [1.165, 1.54) is 0 Å². The number of carbonyl (C=O) groups excluding carboxylic acids is 1. The molecule has 8 heteroatoms. The molecule has 1 aromatic carbocycles. The van der Waals surface area contributed by atoms with Gasteiger partial charge in [-0.25, -0.2) is 17.2 Å². The maximum absolute atomic E-state index is 13.1. The first kappa shape index (κ1) is 15.2. The number of sulfone groups is 1. The van der Waals surface area contributed by atoms with E-state index in [4.69, 9.17) is 11.6 Å². The molecule has 0 saturated carbocycles. The smallest absolute Gasteiger partial charge is 0.252 e. The van der Waals surface area contributed by atoms with Crippen molar-refractivity contribution in [1.29, 1.82) is 0 Å². The van der Waals surface area contributed by atoms with Crippen LogP contribution in [0.4, 0.5) is 8.78 Å². The molecule has 0 aliphatic carbocycles. The lowest BCUT2D eigenvalue weighted by Gasteiger charge is -2.10. The van der Waals surface area contributed by atoms with E-state index in [1.54, 1.807) is 0 Å². The van der Waals surface area contributed by atoms with Gasteiger partial charge in [0.1, 0.15) is 0 Å². The van der Waals surface area contributed by atoms with Crippen molar-refractivity contribution in [3.05, 3.63) is 34.4 Å². The first-order valence-electron chi connectivity index (χ1n) is 5.91. The van der Waals surface area contributed by atoms with E-state index in [2.05, 4.69) is 5.32 Å². The molecule has 2 rings (SSSR count). The Morgan fingerprint density at radius 2 is 2.00 bits per heavy atom. The standard InChI is InChI=1S/C12H12ClF2NO3S/c13-9-4-11(15)10(14)3-8(9)12(17)16-5-7-1-2-20(18,19)6-7/h3-4,7H,1-2,5-6H2,(H,16,17). The van der Waals surface area contributed by atoms with E-state index < -0.39 is 27.4 Å². The lowest BCUT2D eigenvalue weighted by atomic mass is 10.1. The average molecular weight is 324 g/mol. The van der Waals surface area contributed by atoms with Crippen LogP contribution < -0.4 is 5.32 Å². The number of nitrogens with one attached hydrogen (secondary N) is 1. The maximum Gasteiger partial charge on any atom is 0.252 e. The van der Waals surface area contributed by atoms with Crippen molar-refractivity contribution in [2.24, 2.45) is 5.92 Å². The molecule has 1 aliphatic rings. The Labute approximate surface area is 120 Å². The summed E-state index contributed by atoms with van der Waals surface area (Å²) in [5, 5.41) is 2.30. The fourth-order valence-corrected chi connectivity index (χ4v) is 4.16. The molecular weight excluding hydrogens is 312 g/mol. The lowest BCUT2D eigenvalue weighted by Crippen LogP contribution is -2.30. The Bertz CT molecular complexity index is 648. The van der Waals surface area contributed by atoms with E-state index in [9.17, 15) is 22.0 Å². The van der Waals surface area contributed by atoms with Crippen molar-refractivity contribution in [3.8, 4) is 0 Å². The molecule has 0 radical (unpaired) electrons. The molecule has 0 aromatic heterocycles. The molecule has 1 saturated heterocycles. The predicted octanol–water partition coefficient (Wildman–Crippen LogP) is 1.78. The summed E-state index contributed by atoms with van der Waals surface area (Å²) >= 11 is 5.67. The number of carbonyl (C=O) groups is 1. The topological polar surface area (TPSA) is 63.2 Å². The van der Waals surface area contributed by atoms with Crippen molar-refractivity contribution in [2.45, 2.75) is 6.42 Å². The molecule has 1 amide bonds. The highest BCUT2D eigenvalue weighted by atomic mass is 35.5. The molecule has 4 nitrogen and oxygen atoms in total. The molecule has 0 spiro atoms. The molecule has 1 unspecified atom stereocenters. The van der Waals surface area contributed by atoms with E-state index >= 15 is 0 Å². The summed E-state index contributed by atoms with van der Waals surface area (Å²) in [5.74, 6) is -2.97. The van der Waals surface area contributed by atoms with Crippen LogP contribution in [-0.4, -0.2) is 32.4 Å². The summed E-state index contributed by atoms with van der Waals surface area (Å²) in [6.07, 6.45) is 0.480. The van der Waals surface area contributed by atoms with Crippen LogP contribution >= 0.6 is 11.6 Å². The zero-order valence-corrected chi connectivity index (χ0v) is 11.9. The first-order chi connectivity index (χ1) is 9.28. The molecular formula is C12H12ClF2NO3S. The van der Waals surface area contributed by atoms with Gasteiger partial charge in [0.25, 0.3) is 5.91 Å². The summed E-state index contributed by atoms with van der Waals surface area (Å²) in [4.78, 5) is 11.8. The predicted molar refractivity (Wildman–Crippen MR) is 70.5 cm³/mol. The minimum absolute atomic E-state index is 0.0266. The number of benzene rings is 1. The Morgan fingerprint density at radius 1 is 1.35 bits per heavy atom. The molecule has 1 fully saturated rings. The van der Waals surface area contributed by atoms with Crippen LogP contribution in [0.25, 0.3) is 0 Å². The van der Waals surface area contributed by atoms with Gasteiger partial charge in [0, 0.05) is 6.54 Å². The molecule has 110 valence electrons. The van der Waals surface area contributed by atoms with Crippen LogP contribution in [0.5, 0.6) is 0 Å². The van der Waals surface area contributed by atoms with Gasteiger partial charge in [-0.2, -0.15) is 0 Å². The third-order valence-corrected chi connectivity index (χ3v) is 5.28. The highest BCUT2D eigenvalue weighted by Gasteiger charge is 2.28. The Hall–Kier alpha value is -1.21. The van der Waals surface area contributed by atoms with Gasteiger partial charge in [-0.1, -0.05) is 11.6 Å². The Balaban J connectivity index is 2.01. The van der Waals surface area contributed by atoms with Crippen molar-refractivity contribution in [1.82, 2.24) is 5.32 Å². The van der Waals surface area contributed by atoms with Crippen molar-refractivity contribution >= 4 is 27.3 Å². The number of amides is 1. The molecule has 1 atom stereocenters. The number of hydrogen-bond donors (Lipinski definition) is 1. The van der Waals surface area contributed by atoms with Crippen LogP contribution in [0.1, 0.15) is 16.8 Å². The molecule has 1 aromatic rings. The van der Waals surface area contributed by atoms with Crippen LogP contribution in [0.3, 0.4) is 0 Å². The summed E-state index contributed by atoms with van der Waals surface area (Å²) in [6.45, 7) is 0.160. The highest BCUT2D eigenvalue weighted by molar-refractivity contribution is 7.91. The summed E-state index contributed by atoms with van der Waals surface area (Å²) in [6, 6.07) is 1.45. The van der Waals surface area contributed by atoms with Crippen molar-refractivity contribution < 1.29 is 22.0 Å². The Morgan fingerprint density at radius 3 is 2.60 bits per heavy atom. The number of halogens is 3. The fraction of sp³-hybridized carbons (Fsp3) is 0.417. The maximum atomic E-state index is 13.1. The van der Waals surface area contributed by atoms with Gasteiger partial charge in [-0.3, -0.25) is 4.79 Å². The summed E-state index contributed by atoms with van der Waals surface area (Å²) in [7, 11) is -3.02. The van der Waals surface area contributed by atoms with Crippen LogP contribution in [0, 0.1) is 17.6 Å². The first-order valence-corrected chi connectivity index (χ1v) is 8.11. The van der Waals surface area contributed by atoms with Crippen LogP contribution in [-0.2, 0) is 9.84 Å². The molecule has 1 N–H and O–H groups in total. The van der Waals surface area contributed by atoms with Gasteiger partial charge in [-0.05, 0) is 24.5 Å². The third-order valence-electron chi connectivity index (χ3n) is 3.13. The minimum atomic E-state index is -3.02. The quantitative estimate of drug-likeness (QED) is 0.863. The average Bonchev–Trinajstić information content (AvgIpc) is 2.70. The molecule has 1 heterocycles. The summed E-state index contributed by atoms with van der Waals surface area (Å²) < 4.78 is 48.5. The lowest BCUT2D eigenvalue weighted by molar-refractivity contribution is 0.0948. The van der Waals surface area contributed by atoms with E-state index in [0.29, 0.717) is 6.42 Å². The normalized spacial score (nSPS) is 20.9. The van der Waals surface area contributed by atoms with Gasteiger partial charge in [0.15, 0.2) is 21.5 Å². The molecule has 1 aliphatic heterocycles. The zero-order chi connectivity index (χ0) is 14.9. The van der Waals surface area contributed by atoms with Crippen molar-refractivity contribution in [3.63, 3.8) is 0 Å². The van der Waals surface area contributed by atoms with Gasteiger partial charge < -0.3 is 5.32 Å². The largest absolute Gasteiger partial charge is 0.352 e. The van der Waals surface area contributed by atoms with E-state index in [1.807, 2.05) is 0 Å². The van der Waals surface area contributed by atoms with E-state index in [0.717, 1.165) is 12.1 Å². The monoisotopic (exact) mass is 323 g/mol. The van der Waals surface area contributed by atoms with Gasteiger partial charge in [0.05, 0.1) is 22.1 Å². The van der Waals surface area contributed by atoms with Gasteiger partial charge in [0.2, 0.25) is 0 Å². The number of hydrogen-bond acceptors (Lipinski definition) is 3. The SMILES string of the molecule is O=C(NCC1CCS(=O)(=O)C1)c1cc(F)c(F)cc1Cl. The van der Waals surface area contributed by atoms with Gasteiger partial charge >= 0.3 is 0 Å². The highest BCUT2D eigenvalue weighted by Crippen LogP contribution is 2.21. The zero-order valence-electron chi connectivity index (χ0n) is 10.3. The fourth-order valence-electron chi connectivity index (χ4n) is 2.06. The molecule has 0 bridgehead atoms. The van der Waals surface area contributed by atoms with Crippen LogP contribution in [0.2, 0.25) is 5.02 Å². The second-order valence-electron chi connectivity index (χ2n) is 4.73. The minimum Gasteiger partial charge on any atom is -0.352 e.